The summed E-state index contributed by atoms with van der Waals surface area (Å²) in [5, 5.41) is 2.96. The number of amides is 1. The van der Waals surface area contributed by atoms with Gasteiger partial charge >= 0.3 is 0 Å². The summed E-state index contributed by atoms with van der Waals surface area (Å²) in [6.45, 7) is 1.93. The van der Waals surface area contributed by atoms with Gasteiger partial charge < -0.3 is 14.8 Å². The molecule has 0 aliphatic rings. The minimum atomic E-state index is -0.164. The number of benzene rings is 2. The van der Waals surface area contributed by atoms with Crippen LogP contribution in [0, 0.1) is 0 Å². The quantitative estimate of drug-likeness (QED) is 0.917. The molecule has 4 heteroatoms. The molecule has 0 aromatic heterocycles. The molecule has 21 heavy (non-hydrogen) atoms. The molecule has 4 nitrogen and oxygen atoms in total. The van der Waals surface area contributed by atoms with Crippen LogP contribution in [0.15, 0.2) is 48.5 Å². The number of carbonyl (C=O) groups is 1. The number of carbonyl (C=O) groups excluding carboxylic acids is 1. The Bertz CT molecular complexity index is 625. The van der Waals surface area contributed by atoms with Crippen molar-refractivity contribution < 1.29 is 14.3 Å². The zero-order chi connectivity index (χ0) is 15.2. The Kier molecular flexibility index (Phi) is 4.82. The molecule has 0 saturated heterocycles. The maximum absolute atomic E-state index is 12.3. The third-order valence-electron chi connectivity index (χ3n) is 3.29. The first-order valence-corrected chi connectivity index (χ1v) is 6.73. The molecule has 2 rings (SSSR count). The second kappa shape index (κ2) is 6.79. The van der Waals surface area contributed by atoms with Crippen LogP contribution in [-0.4, -0.2) is 20.1 Å². The molecule has 0 heterocycles. The monoisotopic (exact) mass is 285 g/mol. The standard InChI is InChI=1S/C17H19NO3/c1-12(13-7-6-8-14(11-13)20-2)18-17(19)15-9-4-5-10-16(15)21-3/h4-12H,1-3H3,(H,18,19)/t12-/m0/s1. The van der Waals surface area contributed by atoms with E-state index in [0.29, 0.717) is 11.3 Å². The van der Waals surface area contributed by atoms with Crippen molar-refractivity contribution in [2.75, 3.05) is 14.2 Å². The summed E-state index contributed by atoms with van der Waals surface area (Å²) < 4.78 is 10.4. The van der Waals surface area contributed by atoms with Crippen LogP contribution in [0.5, 0.6) is 11.5 Å². The second-order valence-corrected chi connectivity index (χ2v) is 4.67. The van der Waals surface area contributed by atoms with Gasteiger partial charge in [0.15, 0.2) is 0 Å². The van der Waals surface area contributed by atoms with Gasteiger partial charge in [-0.3, -0.25) is 4.79 Å². The Morgan fingerprint density at radius 2 is 1.81 bits per heavy atom. The van der Waals surface area contributed by atoms with Gasteiger partial charge in [-0.2, -0.15) is 0 Å². The van der Waals surface area contributed by atoms with Gasteiger partial charge in [0.25, 0.3) is 5.91 Å². The van der Waals surface area contributed by atoms with Crippen LogP contribution in [0.25, 0.3) is 0 Å². The average molecular weight is 285 g/mol. The second-order valence-electron chi connectivity index (χ2n) is 4.67. The number of rotatable bonds is 5. The number of methoxy groups -OCH3 is 2. The third kappa shape index (κ3) is 3.54. The first kappa shape index (κ1) is 14.9. The van der Waals surface area contributed by atoms with E-state index in [1.165, 1.54) is 0 Å². The normalized spacial score (nSPS) is 11.6. The number of ether oxygens (including phenoxy) is 2. The van der Waals surface area contributed by atoms with Crippen LogP contribution in [-0.2, 0) is 0 Å². The SMILES string of the molecule is COc1cccc([C@H](C)NC(=O)c2ccccc2OC)c1. The van der Waals surface area contributed by atoms with E-state index >= 15 is 0 Å². The fourth-order valence-electron chi connectivity index (χ4n) is 2.10. The maximum atomic E-state index is 12.3. The maximum Gasteiger partial charge on any atom is 0.255 e. The van der Waals surface area contributed by atoms with E-state index in [4.69, 9.17) is 9.47 Å². The molecule has 2 aromatic carbocycles. The van der Waals surface area contributed by atoms with E-state index < -0.39 is 0 Å². The van der Waals surface area contributed by atoms with E-state index in [-0.39, 0.29) is 11.9 Å². The molecule has 0 unspecified atom stereocenters. The van der Waals surface area contributed by atoms with Crippen molar-refractivity contribution in [3.8, 4) is 11.5 Å². The summed E-state index contributed by atoms with van der Waals surface area (Å²) in [6, 6.07) is 14.7. The summed E-state index contributed by atoms with van der Waals surface area (Å²) in [7, 11) is 3.18. The van der Waals surface area contributed by atoms with Gasteiger partial charge in [-0.1, -0.05) is 24.3 Å². The van der Waals surface area contributed by atoms with Crippen molar-refractivity contribution in [2.24, 2.45) is 0 Å². The third-order valence-corrected chi connectivity index (χ3v) is 3.29. The summed E-state index contributed by atoms with van der Waals surface area (Å²) >= 11 is 0. The molecule has 1 atom stereocenters. The van der Waals surface area contributed by atoms with Crippen molar-refractivity contribution in [1.82, 2.24) is 5.32 Å². The minimum absolute atomic E-state index is 0.127. The molecule has 110 valence electrons. The van der Waals surface area contributed by atoms with Crippen LogP contribution in [0.1, 0.15) is 28.9 Å². The number of hydrogen-bond acceptors (Lipinski definition) is 3. The lowest BCUT2D eigenvalue weighted by Crippen LogP contribution is -2.27. The van der Waals surface area contributed by atoms with E-state index in [2.05, 4.69) is 5.32 Å². The molecule has 0 fully saturated rings. The summed E-state index contributed by atoms with van der Waals surface area (Å²) in [4.78, 5) is 12.3. The van der Waals surface area contributed by atoms with E-state index in [9.17, 15) is 4.79 Å². The highest BCUT2D eigenvalue weighted by atomic mass is 16.5. The lowest BCUT2D eigenvalue weighted by Gasteiger charge is -2.16. The van der Waals surface area contributed by atoms with Gasteiger partial charge in [-0.15, -0.1) is 0 Å². The average Bonchev–Trinajstić information content (AvgIpc) is 2.54. The Balaban J connectivity index is 2.15. The van der Waals surface area contributed by atoms with E-state index in [1.807, 2.05) is 43.3 Å². The minimum Gasteiger partial charge on any atom is -0.497 e. The van der Waals surface area contributed by atoms with Crippen molar-refractivity contribution in [3.05, 3.63) is 59.7 Å². The molecule has 1 N–H and O–H groups in total. The van der Waals surface area contributed by atoms with Crippen molar-refractivity contribution in [3.63, 3.8) is 0 Å². The topological polar surface area (TPSA) is 47.6 Å². The predicted octanol–water partition coefficient (Wildman–Crippen LogP) is 3.19. The van der Waals surface area contributed by atoms with Gasteiger partial charge in [0.05, 0.1) is 25.8 Å². The van der Waals surface area contributed by atoms with Crippen LogP contribution < -0.4 is 14.8 Å². The number of para-hydroxylation sites is 1. The van der Waals surface area contributed by atoms with E-state index in [0.717, 1.165) is 11.3 Å². The molecule has 2 aromatic rings. The molecule has 0 radical (unpaired) electrons. The lowest BCUT2D eigenvalue weighted by molar-refractivity contribution is 0.0937. The van der Waals surface area contributed by atoms with Gasteiger partial charge in [-0.25, -0.2) is 0 Å². The van der Waals surface area contributed by atoms with Crippen molar-refractivity contribution in [2.45, 2.75) is 13.0 Å². The molecule has 0 aliphatic carbocycles. The van der Waals surface area contributed by atoms with Crippen molar-refractivity contribution in [1.29, 1.82) is 0 Å². The Labute approximate surface area is 124 Å². The summed E-state index contributed by atoms with van der Waals surface area (Å²) in [6.07, 6.45) is 0. The highest BCUT2D eigenvalue weighted by Gasteiger charge is 2.15. The van der Waals surface area contributed by atoms with Crippen LogP contribution in [0.3, 0.4) is 0 Å². The Hall–Kier alpha value is -2.49. The molecule has 0 saturated carbocycles. The van der Waals surface area contributed by atoms with Gasteiger partial charge in [0.2, 0.25) is 0 Å². The fourth-order valence-corrected chi connectivity index (χ4v) is 2.10. The smallest absolute Gasteiger partial charge is 0.255 e. The molecular weight excluding hydrogens is 266 g/mol. The van der Waals surface area contributed by atoms with Crippen LogP contribution in [0.2, 0.25) is 0 Å². The zero-order valence-electron chi connectivity index (χ0n) is 12.4. The zero-order valence-corrected chi connectivity index (χ0v) is 12.4. The van der Waals surface area contributed by atoms with Gasteiger partial charge in [0, 0.05) is 0 Å². The van der Waals surface area contributed by atoms with Gasteiger partial charge in [-0.05, 0) is 36.8 Å². The molecule has 0 spiro atoms. The van der Waals surface area contributed by atoms with Crippen LogP contribution >= 0.6 is 0 Å². The van der Waals surface area contributed by atoms with Crippen molar-refractivity contribution >= 4 is 5.91 Å². The highest BCUT2D eigenvalue weighted by molar-refractivity contribution is 5.97. The van der Waals surface area contributed by atoms with Gasteiger partial charge in [0.1, 0.15) is 11.5 Å². The lowest BCUT2D eigenvalue weighted by atomic mass is 10.1. The summed E-state index contributed by atoms with van der Waals surface area (Å²) in [5.74, 6) is 1.17. The first-order chi connectivity index (χ1) is 10.2. The Morgan fingerprint density at radius 1 is 1.05 bits per heavy atom. The molecule has 0 aliphatic heterocycles. The van der Waals surface area contributed by atoms with Crippen LogP contribution in [0.4, 0.5) is 0 Å². The predicted molar refractivity (Wildman–Crippen MR) is 81.9 cm³/mol. The highest BCUT2D eigenvalue weighted by Crippen LogP contribution is 2.21. The molecule has 0 bridgehead atoms. The molecule has 1 amide bonds. The fraction of sp³-hybridized carbons (Fsp3) is 0.235. The molecular formula is C17H19NO3. The first-order valence-electron chi connectivity index (χ1n) is 6.73. The summed E-state index contributed by atoms with van der Waals surface area (Å²) in [5.41, 5.74) is 1.51. The number of hydrogen-bond donors (Lipinski definition) is 1. The largest absolute Gasteiger partial charge is 0.497 e. The Morgan fingerprint density at radius 3 is 2.52 bits per heavy atom. The number of nitrogens with one attached hydrogen (secondary N) is 1. The van der Waals surface area contributed by atoms with E-state index in [1.54, 1.807) is 26.4 Å².